The molecule has 1 aromatic heterocycles. The van der Waals surface area contributed by atoms with Gasteiger partial charge in [-0.2, -0.15) is 0 Å². The van der Waals surface area contributed by atoms with Gasteiger partial charge in [0, 0.05) is 68.1 Å². The number of H-pyrrole nitrogens is 1. The van der Waals surface area contributed by atoms with E-state index in [1.165, 1.54) is 5.56 Å². The predicted octanol–water partition coefficient (Wildman–Crippen LogP) is 2.90. The molecule has 5 nitrogen and oxygen atoms in total. The number of nitrogens with zero attached hydrogens (tertiary/aromatic N) is 2. The number of fused-ring (bicyclic) bond motifs is 1. The van der Waals surface area contributed by atoms with Crippen LogP contribution in [0.5, 0.6) is 0 Å². The third-order valence-electron chi connectivity index (χ3n) is 7.03. The molecule has 2 aliphatic rings. The van der Waals surface area contributed by atoms with Crippen LogP contribution in [0.2, 0.25) is 0 Å². The quantitative estimate of drug-likeness (QED) is 0.850. The molecule has 2 atom stereocenters. The summed E-state index contributed by atoms with van der Waals surface area (Å²) in [4.78, 5) is 32.2. The van der Waals surface area contributed by atoms with Gasteiger partial charge in [0.2, 0.25) is 5.91 Å². The second-order valence-electron chi connectivity index (χ2n) is 9.02. The Morgan fingerprint density at radius 3 is 2.66 bits per heavy atom. The monoisotopic (exact) mass is 393 g/mol. The second kappa shape index (κ2) is 7.79. The first-order chi connectivity index (χ1) is 13.9. The molecule has 4 rings (SSSR count). The fraction of sp³-hybridized carbons (Fsp3) is 0.500. The number of pyridine rings is 1. The lowest BCUT2D eigenvalue weighted by atomic mass is 9.76. The molecular weight excluding hydrogens is 362 g/mol. The normalized spacial score (nSPS) is 24.1. The molecule has 29 heavy (non-hydrogen) atoms. The average Bonchev–Trinajstić information content (AvgIpc) is 3.22. The van der Waals surface area contributed by atoms with E-state index in [1.807, 2.05) is 24.9 Å². The number of carbonyl (C=O) groups excluding carboxylic acids is 1. The molecule has 0 unspecified atom stereocenters. The van der Waals surface area contributed by atoms with Gasteiger partial charge in [-0.25, -0.2) is 0 Å². The SMILES string of the molecule is CC(=O)N1C[C@@H]2CN(Cc3[nH]cc(C)c(=O)c3C)C[C@]2(CCc2ccccc2)C1. The van der Waals surface area contributed by atoms with Gasteiger partial charge in [-0.15, -0.1) is 0 Å². The molecule has 0 aliphatic carbocycles. The van der Waals surface area contributed by atoms with Gasteiger partial charge >= 0.3 is 0 Å². The van der Waals surface area contributed by atoms with Gasteiger partial charge in [0.25, 0.3) is 0 Å². The molecular formula is C24H31N3O2. The summed E-state index contributed by atoms with van der Waals surface area (Å²) in [6, 6.07) is 10.6. The maximum atomic E-state index is 12.3. The number of amides is 1. The van der Waals surface area contributed by atoms with Crippen LogP contribution in [-0.4, -0.2) is 46.9 Å². The number of aromatic nitrogens is 1. The van der Waals surface area contributed by atoms with Gasteiger partial charge in [-0.05, 0) is 38.2 Å². The molecule has 1 N–H and O–H groups in total. The summed E-state index contributed by atoms with van der Waals surface area (Å²) in [5.41, 5.74) is 4.24. The Hall–Kier alpha value is -2.40. The highest BCUT2D eigenvalue weighted by Crippen LogP contribution is 2.46. The van der Waals surface area contributed by atoms with Crippen molar-refractivity contribution in [2.45, 2.75) is 40.2 Å². The summed E-state index contributed by atoms with van der Waals surface area (Å²) >= 11 is 0. The topological polar surface area (TPSA) is 56.4 Å². The Kier molecular flexibility index (Phi) is 5.34. The Morgan fingerprint density at radius 2 is 1.93 bits per heavy atom. The summed E-state index contributed by atoms with van der Waals surface area (Å²) in [7, 11) is 0. The van der Waals surface area contributed by atoms with Crippen LogP contribution in [0.3, 0.4) is 0 Å². The summed E-state index contributed by atoms with van der Waals surface area (Å²) in [5.74, 6) is 0.677. The van der Waals surface area contributed by atoms with Gasteiger partial charge in [0.1, 0.15) is 0 Å². The van der Waals surface area contributed by atoms with Crippen LogP contribution < -0.4 is 5.43 Å². The van der Waals surface area contributed by atoms with Crippen molar-refractivity contribution in [2.24, 2.45) is 11.3 Å². The zero-order valence-corrected chi connectivity index (χ0v) is 17.7. The lowest BCUT2D eigenvalue weighted by Crippen LogP contribution is -2.36. The largest absolute Gasteiger partial charge is 0.363 e. The molecule has 0 radical (unpaired) electrons. The van der Waals surface area contributed by atoms with Crippen LogP contribution in [-0.2, 0) is 17.8 Å². The first-order valence-electron chi connectivity index (χ1n) is 10.6. The molecule has 154 valence electrons. The highest BCUT2D eigenvalue weighted by atomic mass is 16.2. The van der Waals surface area contributed by atoms with E-state index in [0.717, 1.165) is 62.4 Å². The number of rotatable bonds is 5. The number of likely N-dealkylation sites (tertiary alicyclic amines) is 2. The Bertz CT molecular complexity index is 952. The standard InChI is InChI=1S/C24H31N3O2/c1-17-11-25-22(18(2)23(17)29)14-26-12-21-13-27(19(3)28)16-24(21,15-26)10-9-20-7-5-4-6-8-20/h4-8,11,21H,9-10,12-16H2,1-3H3,(H,25,29)/t21-,24+/m0/s1. The van der Waals surface area contributed by atoms with E-state index < -0.39 is 0 Å². The van der Waals surface area contributed by atoms with Gasteiger partial charge in [0.05, 0.1) is 0 Å². The first-order valence-corrected chi connectivity index (χ1v) is 10.6. The van der Waals surface area contributed by atoms with Crippen LogP contribution >= 0.6 is 0 Å². The Labute approximate surface area is 172 Å². The van der Waals surface area contributed by atoms with Gasteiger partial charge in [-0.1, -0.05) is 30.3 Å². The Morgan fingerprint density at radius 1 is 1.17 bits per heavy atom. The van der Waals surface area contributed by atoms with Gasteiger partial charge in [0.15, 0.2) is 5.43 Å². The third kappa shape index (κ3) is 3.88. The van der Waals surface area contributed by atoms with Gasteiger partial charge < -0.3 is 9.88 Å². The molecule has 2 aliphatic heterocycles. The first kappa shape index (κ1) is 19.9. The van der Waals surface area contributed by atoms with E-state index in [2.05, 4.69) is 40.2 Å². The van der Waals surface area contributed by atoms with Crippen molar-refractivity contribution in [3.8, 4) is 0 Å². The van der Waals surface area contributed by atoms with E-state index in [4.69, 9.17) is 0 Å². The van der Waals surface area contributed by atoms with E-state index in [0.29, 0.717) is 5.92 Å². The van der Waals surface area contributed by atoms with Crippen molar-refractivity contribution in [3.63, 3.8) is 0 Å². The van der Waals surface area contributed by atoms with Crippen molar-refractivity contribution in [2.75, 3.05) is 26.2 Å². The second-order valence-corrected chi connectivity index (χ2v) is 9.02. The maximum absolute atomic E-state index is 12.3. The molecule has 5 heteroatoms. The number of aromatic amines is 1. The van der Waals surface area contributed by atoms with Crippen LogP contribution in [0.1, 0.15) is 35.7 Å². The zero-order chi connectivity index (χ0) is 20.6. The summed E-state index contributed by atoms with van der Waals surface area (Å²) < 4.78 is 0. The summed E-state index contributed by atoms with van der Waals surface area (Å²) in [6.45, 7) is 9.88. The number of aryl methyl sites for hydroxylation is 2. The zero-order valence-electron chi connectivity index (χ0n) is 17.7. The number of benzene rings is 1. The van der Waals surface area contributed by atoms with Crippen molar-refractivity contribution in [1.29, 1.82) is 0 Å². The lowest BCUT2D eigenvalue weighted by Gasteiger charge is -2.29. The molecule has 2 fully saturated rings. The highest BCUT2D eigenvalue weighted by Gasteiger charge is 2.52. The van der Waals surface area contributed by atoms with Crippen molar-refractivity contribution < 1.29 is 4.79 Å². The number of nitrogens with one attached hydrogen (secondary N) is 1. The van der Waals surface area contributed by atoms with E-state index in [9.17, 15) is 9.59 Å². The van der Waals surface area contributed by atoms with Crippen molar-refractivity contribution in [3.05, 3.63) is 69.1 Å². The van der Waals surface area contributed by atoms with Crippen LogP contribution in [0.4, 0.5) is 0 Å². The molecule has 0 bridgehead atoms. The minimum atomic E-state index is 0.139. The average molecular weight is 394 g/mol. The highest BCUT2D eigenvalue weighted by molar-refractivity contribution is 5.73. The molecule has 2 aromatic rings. The molecule has 0 spiro atoms. The predicted molar refractivity (Wildman–Crippen MR) is 115 cm³/mol. The molecule has 1 aromatic carbocycles. The molecule has 3 heterocycles. The number of carbonyl (C=O) groups is 1. The number of hydrogen-bond acceptors (Lipinski definition) is 3. The summed E-state index contributed by atoms with van der Waals surface area (Å²) in [5, 5.41) is 0. The fourth-order valence-electron chi connectivity index (χ4n) is 5.24. The molecule has 1 amide bonds. The number of hydrogen-bond donors (Lipinski definition) is 1. The van der Waals surface area contributed by atoms with E-state index in [-0.39, 0.29) is 16.8 Å². The van der Waals surface area contributed by atoms with Crippen molar-refractivity contribution >= 4 is 5.91 Å². The van der Waals surface area contributed by atoms with Crippen molar-refractivity contribution in [1.82, 2.24) is 14.8 Å². The summed E-state index contributed by atoms with van der Waals surface area (Å²) in [6.07, 6.45) is 3.95. The van der Waals surface area contributed by atoms with Gasteiger partial charge in [-0.3, -0.25) is 14.5 Å². The molecule has 0 saturated carbocycles. The third-order valence-corrected chi connectivity index (χ3v) is 7.03. The van der Waals surface area contributed by atoms with E-state index >= 15 is 0 Å². The van der Waals surface area contributed by atoms with Crippen LogP contribution in [0.15, 0.2) is 41.3 Å². The minimum Gasteiger partial charge on any atom is -0.363 e. The smallest absolute Gasteiger partial charge is 0.219 e. The Balaban J connectivity index is 1.52. The minimum absolute atomic E-state index is 0.139. The lowest BCUT2D eigenvalue weighted by molar-refractivity contribution is -0.128. The maximum Gasteiger partial charge on any atom is 0.219 e. The molecule has 2 saturated heterocycles. The van der Waals surface area contributed by atoms with Crippen LogP contribution in [0, 0.1) is 25.2 Å². The van der Waals surface area contributed by atoms with Crippen LogP contribution in [0.25, 0.3) is 0 Å². The van der Waals surface area contributed by atoms with E-state index in [1.54, 1.807) is 6.92 Å². The fourth-order valence-corrected chi connectivity index (χ4v) is 5.24.